The predicted molar refractivity (Wildman–Crippen MR) is 65.4 cm³/mol. The summed E-state index contributed by atoms with van der Waals surface area (Å²) < 4.78 is 35.6. The SMILES string of the molecule is CCOC(=O)C1CCCN(S(=O)(=O)NC(=O)OC)C1. The first-order chi connectivity index (χ1) is 8.90. The molecule has 19 heavy (non-hydrogen) atoms. The third-order valence-corrected chi connectivity index (χ3v) is 4.18. The molecule has 8 nitrogen and oxygen atoms in total. The zero-order chi connectivity index (χ0) is 14.5. The Morgan fingerprint density at radius 2 is 2.11 bits per heavy atom. The number of amides is 1. The van der Waals surface area contributed by atoms with Crippen molar-refractivity contribution in [3.63, 3.8) is 0 Å². The summed E-state index contributed by atoms with van der Waals surface area (Å²) in [6.07, 6.45) is 0.0486. The molecule has 0 aliphatic carbocycles. The van der Waals surface area contributed by atoms with E-state index in [1.807, 2.05) is 0 Å². The summed E-state index contributed by atoms with van der Waals surface area (Å²) in [6, 6.07) is 0. The van der Waals surface area contributed by atoms with Gasteiger partial charge < -0.3 is 9.47 Å². The average molecular weight is 294 g/mol. The minimum absolute atomic E-state index is 0.00512. The van der Waals surface area contributed by atoms with Crippen molar-refractivity contribution in [3.8, 4) is 0 Å². The Kier molecular flexibility index (Phi) is 5.55. The average Bonchev–Trinajstić information content (AvgIpc) is 2.38. The third kappa shape index (κ3) is 4.35. The Morgan fingerprint density at radius 3 is 2.68 bits per heavy atom. The molecular weight excluding hydrogens is 276 g/mol. The van der Waals surface area contributed by atoms with Crippen LogP contribution < -0.4 is 4.72 Å². The van der Waals surface area contributed by atoms with Crippen LogP contribution in [-0.2, 0) is 24.5 Å². The van der Waals surface area contributed by atoms with E-state index >= 15 is 0 Å². The number of rotatable bonds is 4. The van der Waals surface area contributed by atoms with Crippen molar-refractivity contribution in [1.82, 2.24) is 9.03 Å². The first-order valence-electron chi connectivity index (χ1n) is 5.93. The molecule has 0 aromatic carbocycles. The minimum atomic E-state index is -3.98. The molecule has 0 radical (unpaired) electrons. The maximum absolute atomic E-state index is 11.8. The lowest BCUT2D eigenvalue weighted by molar-refractivity contribution is -0.149. The van der Waals surface area contributed by atoms with Gasteiger partial charge >= 0.3 is 22.3 Å². The van der Waals surface area contributed by atoms with Gasteiger partial charge in [-0.3, -0.25) is 4.79 Å². The van der Waals surface area contributed by atoms with E-state index in [0.717, 1.165) is 11.4 Å². The smallest absolute Gasteiger partial charge is 0.421 e. The fourth-order valence-electron chi connectivity index (χ4n) is 1.82. The molecule has 1 unspecified atom stereocenters. The highest BCUT2D eigenvalue weighted by Gasteiger charge is 2.34. The van der Waals surface area contributed by atoms with E-state index in [1.54, 1.807) is 11.6 Å². The third-order valence-electron chi connectivity index (χ3n) is 2.74. The highest BCUT2D eigenvalue weighted by Crippen LogP contribution is 2.19. The summed E-state index contributed by atoms with van der Waals surface area (Å²) in [5.41, 5.74) is 0. The second-order valence-electron chi connectivity index (χ2n) is 4.05. The molecule has 1 fully saturated rings. The molecule has 1 N–H and O–H groups in total. The summed E-state index contributed by atoms with van der Waals surface area (Å²) in [4.78, 5) is 22.6. The van der Waals surface area contributed by atoms with Crippen molar-refractivity contribution in [2.24, 2.45) is 5.92 Å². The monoisotopic (exact) mass is 294 g/mol. The van der Waals surface area contributed by atoms with Gasteiger partial charge in [-0.05, 0) is 19.8 Å². The molecule has 1 saturated heterocycles. The van der Waals surface area contributed by atoms with Gasteiger partial charge in [0.1, 0.15) is 0 Å². The Morgan fingerprint density at radius 1 is 1.42 bits per heavy atom. The van der Waals surface area contributed by atoms with E-state index in [1.165, 1.54) is 0 Å². The molecule has 1 amide bonds. The standard InChI is InChI=1S/C10H18N2O6S/c1-3-18-9(13)8-5-4-6-12(7-8)19(15,16)11-10(14)17-2/h8H,3-7H2,1-2H3,(H,11,14). The van der Waals surface area contributed by atoms with Crippen molar-refractivity contribution < 1.29 is 27.5 Å². The van der Waals surface area contributed by atoms with E-state index in [4.69, 9.17) is 4.74 Å². The van der Waals surface area contributed by atoms with E-state index in [2.05, 4.69) is 4.74 Å². The van der Waals surface area contributed by atoms with Crippen LogP contribution >= 0.6 is 0 Å². The first-order valence-corrected chi connectivity index (χ1v) is 7.37. The Balaban J connectivity index is 2.68. The molecule has 9 heteroatoms. The molecular formula is C10H18N2O6S. The summed E-state index contributed by atoms with van der Waals surface area (Å²) in [7, 11) is -2.90. The van der Waals surface area contributed by atoms with Crippen LogP contribution in [0.5, 0.6) is 0 Å². The Labute approximate surface area is 112 Å². The van der Waals surface area contributed by atoms with Crippen LogP contribution in [0.3, 0.4) is 0 Å². The number of ether oxygens (including phenoxy) is 2. The molecule has 0 spiro atoms. The summed E-state index contributed by atoms with van der Waals surface area (Å²) in [5.74, 6) is -0.914. The molecule has 1 atom stereocenters. The zero-order valence-electron chi connectivity index (χ0n) is 10.9. The highest BCUT2D eigenvalue weighted by atomic mass is 32.2. The number of nitrogens with zero attached hydrogens (tertiary/aromatic N) is 1. The van der Waals surface area contributed by atoms with E-state index in [0.29, 0.717) is 12.8 Å². The number of esters is 1. The lowest BCUT2D eigenvalue weighted by Crippen LogP contribution is -2.49. The van der Waals surface area contributed by atoms with Crippen molar-refractivity contribution in [3.05, 3.63) is 0 Å². The van der Waals surface area contributed by atoms with Crippen molar-refractivity contribution >= 4 is 22.3 Å². The second kappa shape index (κ2) is 6.71. The van der Waals surface area contributed by atoms with Gasteiger partial charge in [-0.25, -0.2) is 9.52 Å². The number of piperidine rings is 1. The fraction of sp³-hybridized carbons (Fsp3) is 0.800. The first kappa shape index (κ1) is 15.7. The van der Waals surface area contributed by atoms with Gasteiger partial charge in [0.25, 0.3) is 0 Å². The number of hydrogen-bond donors (Lipinski definition) is 1. The van der Waals surface area contributed by atoms with E-state index in [9.17, 15) is 18.0 Å². The lowest BCUT2D eigenvalue weighted by atomic mass is 10.0. The van der Waals surface area contributed by atoms with Crippen LogP contribution in [0.15, 0.2) is 0 Å². The Hall–Kier alpha value is -1.35. The maximum atomic E-state index is 11.8. The number of nitrogens with one attached hydrogen (secondary N) is 1. The molecule has 0 bridgehead atoms. The molecule has 0 aromatic heterocycles. The zero-order valence-corrected chi connectivity index (χ0v) is 11.7. The molecule has 0 aromatic rings. The number of carbonyl (C=O) groups is 2. The molecule has 0 saturated carbocycles. The van der Waals surface area contributed by atoms with Crippen LogP contribution in [0.2, 0.25) is 0 Å². The quantitative estimate of drug-likeness (QED) is 0.724. The highest BCUT2D eigenvalue weighted by molar-refractivity contribution is 7.87. The van der Waals surface area contributed by atoms with Crippen LogP contribution in [0, 0.1) is 5.92 Å². The van der Waals surface area contributed by atoms with Crippen LogP contribution in [0.25, 0.3) is 0 Å². The normalized spacial score (nSPS) is 20.6. The van der Waals surface area contributed by atoms with Crippen molar-refractivity contribution in [2.75, 3.05) is 26.8 Å². The summed E-state index contributed by atoms with van der Waals surface area (Å²) >= 11 is 0. The van der Waals surface area contributed by atoms with Crippen LogP contribution in [-0.4, -0.2) is 51.6 Å². The van der Waals surface area contributed by atoms with Gasteiger partial charge in [-0.1, -0.05) is 0 Å². The number of hydrogen-bond acceptors (Lipinski definition) is 6. The van der Waals surface area contributed by atoms with Gasteiger partial charge in [-0.2, -0.15) is 12.7 Å². The largest absolute Gasteiger partial charge is 0.466 e. The number of carbonyl (C=O) groups excluding carboxylic acids is 2. The topological polar surface area (TPSA) is 102 Å². The summed E-state index contributed by atoms with van der Waals surface area (Å²) in [6.45, 7) is 2.20. The lowest BCUT2D eigenvalue weighted by Gasteiger charge is -2.30. The molecule has 1 rings (SSSR count). The maximum Gasteiger partial charge on any atom is 0.421 e. The van der Waals surface area contributed by atoms with Crippen molar-refractivity contribution in [2.45, 2.75) is 19.8 Å². The molecule has 110 valence electrons. The molecule has 1 aliphatic rings. The molecule has 1 heterocycles. The predicted octanol–water partition coefficient (Wildman–Crippen LogP) is -0.138. The van der Waals surface area contributed by atoms with Gasteiger partial charge in [0, 0.05) is 13.1 Å². The minimum Gasteiger partial charge on any atom is -0.466 e. The fourth-order valence-corrected chi connectivity index (χ4v) is 2.99. The van der Waals surface area contributed by atoms with Gasteiger partial charge in [-0.15, -0.1) is 0 Å². The van der Waals surface area contributed by atoms with Gasteiger partial charge in [0.2, 0.25) is 0 Å². The van der Waals surface area contributed by atoms with Gasteiger partial charge in [0.15, 0.2) is 0 Å². The number of methoxy groups -OCH3 is 1. The van der Waals surface area contributed by atoms with Crippen molar-refractivity contribution in [1.29, 1.82) is 0 Å². The van der Waals surface area contributed by atoms with Crippen LogP contribution in [0.1, 0.15) is 19.8 Å². The Bertz CT molecular complexity index is 435. The van der Waals surface area contributed by atoms with E-state index < -0.39 is 28.2 Å². The van der Waals surface area contributed by atoms with E-state index in [-0.39, 0.29) is 19.7 Å². The molecule has 1 aliphatic heterocycles. The van der Waals surface area contributed by atoms with Crippen LogP contribution in [0.4, 0.5) is 4.79 Å². The second-order valence-corrected chi connectivity index (χ2v) is 5.72. The summed E-state index contributed by atoms with van der Waals surface area (Å²) in [5, 5.41) is 0. The van der Waals surface area contributed by atoms with Gasteiger partial charge in [0.05, 0.1) is 19.6 Å².